The predicted molar refractivity (Wildman–Crippen MR) is 116 cm³/mol. The summed E-state index contributed by atoms with van der Waals surface area (Å²) in [6, 6.07) is 12.9. The fourth-order valence-corrected chi connectivity index (χ4v) is 3.27. The fraction of sp³-hybridized carbons (Fsp3) is 0.478. The predicted octanol–water partition coefficient (Wildman–Crippen LogP) is 4.17. The molecule has 1 heterocycles. The van der Waals surface area contributed by atoms with E-state index in [2.05, 4.69) is 5.32 Å². The number of hydrogen-bond donors (Lipinski definition) is 1. The van der Waals surface area contributed by atoms with Crippen molar-refractivity contribution in [1.82, 2.24) is 5.32 Å². The third kappa shape index (κ3) is 4.82. The quantitative estimate of drug-likeness (QED) is 0.534. The fourth-order valence-electron chi connectivity index (χ4n) is 3.27. The van der Waals surface area contributed by atoms with E-state index in [0.29, 0.717) is 12.1 Å². The van der Waals surface area contributed by atoms with Crippen molar-refractivity contribution in [3.8, 4) is 16.9 Å². The van der Waals surface area contributed by atoms with Crippen LogP contribution in [0.25, 0.3) is 11.1 Å². The molecule has 156 valence electrons. The van der Waals surface area contributed by atoms with Crippen LogP contribution in [-0.4, -0.2) is 38.5 Å². The highest BCUT2D eigenvalue weighted by molar-refractivity contribution is 6.62. The molecule has 2 aromatic rings. The van der Waals surface area contributed by atoms with E-state index in [0.717, 1.165) is 36.3 Å². The molecular weight excluding hydrogens is 368 g/mol. The molecule has 1 aliphatic rings. The Morgan fingerprint density at radius 2 is 1.69 bits per heavy atom. The minimum atomic E-state index is -0.715. The molecule has 1 aliphatic heterocycles. The van der Waals surface area contributed by atoms with Crippen LogP contribution in [0.3, 0.4) is 0 Å². The average molecular weight is 399 g/mol. The SMILES string of the molecule is CNCCCCOc1ccccc1-c1ccc(B2OC(C)(C)C(C)(C)O2)c(F)c1. The van der Waals surface area contributed by atoms with Gasteiger partial charge in [-0.25, -0.2) is 4.39 Å². The van der Waals surface area contributed by atoms with Gasteiger partial charge in [0.1, 0.15) is 11.6 Å². The Morgan fingerprint density at radius 3 is 2.34 bits per heavy atom. The summed E-state index contributed by atoms with van der Waals surface area (Å²) in [5.74, 6) is 0.421. The molecule has 29 heavy (non-hydrogen) atoms. The lowest BCUT2D eigenvalue weighted by atomic mass is 9.78. The maximum atomic E-state index is 15.0. The highest BCUT2D eigenvalue weighted by Crippen LogP contribution is 2.37. The highest BCUT2D eigenvalue weighted by Gasteiger charge is 2.52. The Hall–Kier alpha value is -1.89. The van der Waals surface area contributed by atoms with Crippen LogP contribution in [0, 0.1) is 5.82 Å². The molecule has 0 aromatic heterocycles. The third-order valence-corrected chi connectivity index (χ3v) is 5.78. The van der Waals surface area contributed by atoms with Crippen LogP contribution in [0.4, 0.5) is 4.39 Å². The summed E-state index contributed by atoms with van der Waals surface area (Å²) >= 11 is 0. The second-order valence-electron chi connectivity index (χ2n) is 8.48. The van der Waals surface area contributed by atoms with E-state index >= 15 is 4.39 Å². The molecule has 0 saturated carbocycles. The Morgan fingerprint density at radius 1 is 1.00 bits per heavy atom. The highest BCUT2D eigenvalue weighted by atomic mass is 19.1. The first-order valence-corrected chi connectivity index (χ1v) is 10.3. The number of benzene rings is 2. The molecule has 0 amide bonds. The molecule has 1 N–H and O–H groups in total. The molecule has 0 spiro atoms. The summed E-state index contributed by atoms with van der Waals surface area (Å²) in [4.78, 5) is 0. The average Bonchev–Trinajstić information content (AvgIpc) is 2.89. The molecule has 6 heteroatoms. The van der Waals surface area contributed by atoms with Crippen LogP contribution in [0.5, 0.6) is 5.75 Å². The minimum Gasteiger partial charge on any atom is -0.493 e. The lowest BCUT2D eigenvalue weighted by Gasteiger charge is -2.32. The molecule has 1 fully saturated rings. The van der Waals surface area contributed by atoms with Gasteiger partial charge in [0.25, 0.3) is 0 Å². The van der Waals surface area contributed by atoms with E-state index < -0.39 is 18.3 Å². The zero-order valence-corrected chi connectivity index (χ0v) is 18.0. The maximum Gasteiger partial charge on any atom is 0.497 e. The third-order valence-electron chi connectivity index (χ3n) is 5.78. The van der Waals surface area contributed by atoms with Crippen molar-refractivity contribution in [2.24, 2.45) is 0 Å². The topological polar surface area (TPSA) is 39.7 Å². The van der Waals surface area contributed by atoms with Crippen LogP contribution in [0.2, 0.25) is 0 Å². The molecule has 0 atom stereocenters. The van der Waals surface area contributed by atoms with Gasteiger partial charge in [0, 0.05) is 11.0 Å². The van der Waals surface area contributed by atoms with Gasteiger partial charge < -0.3 is 19.4 Å². The maximum absolute atomic E-state index is 15.0. The van der Waals surface area contributed by atoms with Crippen LogP contribution >= 0.6 is 0 Å². The zero-order chi connectivity index (χ0) is 21.1. The van der Waals surface area contributed by atoms with Crippen LogP contribution in [0.1, 0.15) is 40.5 Å². The first-order valence-electron chi connectivity index (χ1n) is 10.3. The van der Waals surface area contributed by atoms with Crippen LogP contribution in [0.15, 0.2) is 42.5 Å². The Kier molecular flexibility index (Phi) is 6.67. The van der Waals surface area contributed by atoms with Gasteiger partial charge in [0.15, 0.2) is 0 Å². The summed E-state index contributed by atoms with van der Waals surface area (Å²) in [5, 5.41) is 3.13. The van der Waals surface area contributed by atoms with Crippen molar-refractivity contribution in [1.29, 1.82) is 0 Å². The molecule has 0 radical (unpaired) electrons. The zero-order valence-electron chi connectivity index (χ0n) is 18.0. The number of para-hydroxylation sites is 1. The number of rotatable bonds is 8. The molecule has 2 aromatic carbocycles. The molecule has 0 aliphatic carbocycles. The number of ether oxygens (including phenoxy) is 1. The van der Waals surface area contributed by atoms with Gasteiger partial charge in [-0.2, -0.15) is 0 Å². The van der Waals surface area contributed by atoms with Crippen molar-refractivity contribution < 1.29 is 18.4 Å². The molecule has 0 bridgehead atoms. The first kappa shape index (κ1) is 21.8. The number of unbranched alkanes of at least 4 members (excludes halogenated alkanes) is 1. The standard InChI is InChI=1S/C23H31BFNO3/c1-22(2)23(3,4)29-24(28-22)19-13-12-17(16-20(19)25)18-10-6-7-11-21(18)27-15-9-8-14-26-5/h6-7,10-13,16,26H,8-9,14-15H2,1-5H3. The van der Waals surface area contributed by atoms with Gasteiger partial charge in [0.05, 0.1) is 17.8 Å². The van der Waals surface area contributed by atoms with Crippen molar-refractivity contribution in [2.45, 2.75) is 51.7 Å². The summed E-state index contributed by atoms with van der Waals surface area (Å²) < 4.78 is 33.0. The minimum absolute atomic E-state index is 0.343. The second-order valence-corrected chi connectivity index (χ2v) is 8.48. The van der Waals surface area contributed by atoms with E-state index in [-0.39, 0.29) is 5.82 Å². The van der Waals surface area contributed by atoms with E-state index in [1.165, 1.54) is 6.07 Å². The van der Waals surface area contributed by atoms with Crippen molar-refractivity contribution in [3.63, 3.8) is 0 Å². The Labute approximate surface area is 173 Å². The second kappa shape index (κ2) is 8.86. The van der Waals surface area contributed by atoms with Gasteiger partial charge in [-0.05, 0) is 71.8 Å². The number of halogens is 1. The smallest absolute Gasteiger partial charge is 0.493 e. The van der Waals surface area contributed by atoms with Crippen LogP contribution in [-0.2, 0) is 9.31 Å². The summed E-state index contributed by atoms with van der Waals surface area (Å²) in [6.45, 7) is 9.45. The molecule has 0 unspecified atom stereocenters. The van der Waals surface area contributed by atoms with Crippen LogP contribution < -0.4 is 15.5 Å². The summed E-state index contributed by atoms with van der Waals surface area (Å²) in [7, 11) is 1.23. The van der Waals surface area contributed by atoms with E-state index in [1.807, 2.05) is 65.1 Å². The van der Waals surface area contributed by atoms with Crippen molar-refractivity contribution >= 4 is 12.6 Å². The van der Waals surface area contributed by atoms with Gasteiger partial charge in [0.2, 0.25) is 0 Å². The normalized spacial score (nSPS) is 17.5. The molecular formula is C23H31BFNO3. The molecule has 1 saturated heterocycles. The summed E-state index contributed by atoms with van der Waals surface area (Å²) in [5.41, 5.74) is 1.06. The molecule has 4 nitrogen and oxygen atoms in total. The lowest BCUT2D eigenvalue weighted by Crippen LogP contribution is -2.41. The number of nitrogens with one attached hydrogen (secondary N) is 1. The molecule has 3 rings (SSSR count). The van der Waals surface area contributed by atoms with Gasteiger partial charge >= 0.3 is 7.12 Å². The Bertz CT molecular complexity index is 825. The van der Waals surface area contributed by atoms with Gasteiger partial charge in [-0.15, -0.1) is 0 Å². The van der Waals surface area contributed by atoms with E-state index in [1.54, 1.807) is 6.07 Å². The van der Waals surface area contributed by atoms with Crippen molar-refractivity contribution in [3.05, 3.63) is 48.3 Å². The van der Waals surface area contributed by atoms with E-state index in [9.17, 15) is 0 Å². The van der Waals surface area contributed by atoms with E-state index in [4.69, 9.17) is 14.0 Å². The first-order chi connectivity index (χ1) is 13.7. The Balaban J connectivity index is 1.77. The van der Waals surface area contributed by atoms with Gasteiger partial charge in [-0.1, -0.05) is 30.3 Å². The number of hydrogen-bond acceptors (Lipinski definition) is 4. The summed E-state index contributed by atoms with van der Waals surface area (Å²) in [6.07, 6.45) is 2.01. The largest absolute Gasteiger partial charge is 0.497 e. The van der Waals surface area contributed by atoms with Gasteiger partial charge in [-0.3, -0.25) is 0 Å². The van der Waals surface area contributed by atoms with Crippen molar-refractivity contribution in [2.75, 3.05) is 20.2 Å². The monoisotopic (exact) mass is 399 g/mol. The lowest BCUT2D eigenvalue weighted by molar-refractivity contribution is 0.00578.